The Morgan fingerprint density at radius 1 is 0.787 bits per heavy atom. The highest BCUT2D eigenvalue weighted by molar-refractivity contribution is 7.92. The maximum atomic E-state index is 14.5. The molecule has 1 fully saturated rings. The summed E-state index contributed by atoms with van der Waals surface area (Å²) in [5.74, 6) is -0.696. The average molecular weight is 708 g/mol. The summed E-state index contributed by atoms with van der Waals surface area (Å²) in [5, 5.41) is 0. The van der Waals surface area contributed by atoms with Crippen molar-refractivity contribution in [2.24, 2.45) is 0 Å². The standard InChI is InChI=1S/C33H36F7NO4S2/c1-28(2,3)46(42)41-29(4)18-20-30(21-19-29,47(43,44)27-16-14-26(34)15-17-27)24-10-12-25(13-11-24)31(32(35,36)37,33(38,39)40)45-22-23-8-6-5-7-9-23/h5-17,41H,18-22H2,1-4H3. The van der Waals surface area contributed by atoms with E-state index in [1.165, 1.54) is 24.3 Å². The summed E-state index contributed by atoms with van der Waals surface area (Å²) in [7, 11) is -5.92. The van der Waals surface area contributed by atoms with Crippen molar-refractivity contribution in [2.45, 2.75) is 97.9 Å². The lowest BCUT2D eigenvalue weighted by Crippen LogP contribution is -2.56. The molecule has 0 bridgehead atoms. The molecule has 5 nitrogen and oxygen atoms in total. The molecule has 47 heavy (non-hydrogen) atoms. The number of halogens is 7. The first-order valence-corrected chi connectivity index (χ1v) is 17.3. The number of benzene rings is 3. The van der Waals surface area contributed by atoms with Crippen molar-refractivity contribution in [2.75, 3.05) is 0 Å². The predicted molar refractivity (Wildman–Crippen MR) is 165 cm³/mol. The molecule has 0 amide bonds. The summed E-state index contributed by atoms with van der Waals surface area (Å²) in [4.78, 5) is -0.260. The first kappa shape index (κ1) is 37.0. The van der Waals surface area contributed by atoms with Crippen LogP contribution in [0.3, 0.4) is 0 Å². The molecule has 0 heterocycles. The smallest absolute Gasteiger partial charge is 0.349 e. The van der Waals surface area contributed by atoms with Gasteiger partial charge in [0.05, 0.1) is 27.2 Å². The molecule has 0 saturated heterocycles. The quantitative estimate of drug-likeness (QED) is 0.179. The number of alkyl halides is 6. The van der Waals surface area contributed by atoms with Gasteiger partial charge in [-0.15, -0.1) is 0 Å². The van der Waals surface area contributed by atoms with Crippen LogP contribution in [-0.4, -0.2) is 35.3 Å². The second-order valence-corrected chi connectivity index (χ2v) is 17.2. The minimum atomic E-state index is -5.94. The van der Waals surface area contributed by atoms with E-state index in [0.717, 1.165) is 36.4 Å². The third kappa shape index (κ3) is 7.16. The van der Waals surface area contributed by atoms with Gasteiger partial charge in [-0.1, -0.05) is 54.6 Å². The van der Waals surface area contributed by atoms with E-state index in [4.69, 9.17) is 4.74 Å². The number of ether oxygens (including phenoxy) is 1. The fourth-order valence-corrected chi connectivity index (χ4v) is 8.84. The van der Waals surface area contributed by atoms with Crippen LogP contribution in [0.2, 0.25) is 0 Å². The van der Waals surface area contributed by atoms with Crippen molar-refractivity contribution in [1.29, 1.82) is 0 Å². The van der Waals surface area contributed by atoms with Gasteiger partial charge in [0.15, 0.2) is 9.84 Å². The van der Waals surface area contributed by atoms with Gasteiger partial charge in [-0.25, -0.2) is 21.7 Å². The number of sulfone groups is 1. The highest BCUT2D eigenvalue weighted by atomic mass is 32.2. The topological polar surface area (TPSA) is 72.5 Å². The summed E-state index contributed by atoms with van der Waals surface area (Å²) in [6.07, 6.45) is -11.8. The Bertz CT molecular complexity index is 1650. The third-order valence-electron chi connectivity index (χ3n) is 8.61. The second-order valence-electron chi connectivity index (χ2n) is 13.0. The Morgan fingerprint density at radius 3 is 1.77 bits per heavy atom. The first-order chi connectivity index (χ1) is 21.6. The maximum absolute atomic E-state index is 14.5. The summed E-state index contributed by atoms with van der Waals surface area (Å²) < 4.78 is 148. The molecule has 4 rings (SSSR count). The van der Waals surface area contributed by atoms with Gasteiger partial charge < -0.3 is 4.74 Å². The molecule has 1 aliphatic carbocycles. The van der Waals surface area contributed by atoms with Crippen LogP contribution in [0.25, 0.3) is 0 Å². The van der Waals surface area contributed by atoms with Gasteiger partial charge in [-0.3, -0.25) is 0 Å². The van der Waals surface area contributed by atoms with Gasteiger partial charge in [0.1, 0.15) is 10.6 Å². The van der Waals surface area contributed by atoms with E-state index in [2.05, 4.69) is 4.72 Å². The van der Waals surface area contributed by atoms with Crippen LogP contribution in [-0.2, 0) is 42.5 Å². The monoisotopic (exact) mass is 707 g/mol. The molecule has 0 aliphatic heterocycles. The zero-order chi connectivity index (χ0) is 35.1. The van der Waals surface area contributed by atoms with E-state index in [0.29, 0.717) is 12.1 Å². The Labute approximate surface area is 272 Å². The van der Waals surface area contributed by atoms with Crippen molar-refractivity contribution < 1.29 is 48.1 Å². The van der Waals surface area contributed by atoms with Gasteiger partial charge in [-0.2, -0.15) is 26.3 Å². The van der Waals surface area contributed by atoms with E-state index >= 15 is 0 Å². The fraction of sp³-hybridized carbons (Fsp3) is 0.455. The van der Waals surface area contributed by atoms with E-state index in [-0.39, 0.29) is 41.7 Å². The molecule has 258 valence electrons. The summed E-state index contributed by atoms with van der Waals surface area (Å²) >= 11 is 0. The third-order valence-corrected chi connectivity index (χ3v) is 13.0. The lowest BCUT2D eigenvalue weighted by Gasteiger charge is -2.45. The molecule has 3 aromatic carbocycles. The van der Waals surface area contributed by atoms with E-state index in [1.807, 2.05) is 0 Å². The summed E-state index contributed by atoms with van der Waals surface area (Å²) in [6, 6.07) is 14.3. The fourth-order valence-electron chi connectivity index (χ4n) is 5.75. The van der Waals surface area contributed by atoms with Crippen molar-refractivity contribution in [3.63, 3.8) is 0 Å². The highest BCUT2D eigenvalue weighted by Crippen LogP contribution is 2.55. The van der Waals surface area contributed by atoms with Gasteiger partial charge in [-0.05, 0) is 88.8 Å². The molecule has 1 atom stereocenters. The maximum Gasteiger partial charge on any atom is 0.430 e. The van der Waals surface area contributed by atoms with Crippen LogP contribution in [0, 0.1) is 5.82 Å². The zero-order valence-corrected chi connectivity index (χ0v) is 27.8. The molecular weight excluding hydrogens is 671 g/mol. The Hall–Kier alpha value is -2.81. The minimum absolute atomic E-state index is 0.0362. The van der Waals surface area contributed by atoms with E-state index in [9.17, 15) is 43.4 Å². The number of hydrogen-bond donors (Lipinski definition) is 1. The predicted octanol–water partition coefficient (Wildman–Crippen LogP) is 8.42. The van der Waals surface area contributed by atoms with Gasteiger partial charge >= 0.3 is 12.4 Å². The molecule has 1 unspecified atom stereocenters. The molecule has 14 heteroatoms. The van der Waals surface area contributed by atoms with Crippen molar-refractivity contribution in [3.05, 3.63) is 101 Å². The molecular formula is C33H36F7NO4S2. The number of rotatable bonds is 9. The average Bonchev–Trinajstić information content (AvgIpc) is 2.97. The van der Waals surface area contributed by atoms with Crippen LogP contribution >= 0.6 is 0 Å². The number of hydrogen-bond acceptors (Lipinski definition) is 4. The number of nitrogens with one attached hydrogen (secondary N) is 1. The van der Waals surface area contributed by atoms with Crippen LogP contribution in [0.15, 0.2) is 83.8 Å². The second kappa shape index (κ2) is 12.9. The molecule has 0 spiro atoms. The molecule has 0 radical (unpaired) electrons. The van der Waals surface area contributed by atoms with E-state index in [1.54, 1.807) is 33.8 Å². The molecule has 1 N–H and O–H groups in total. The molecule has 0 aromatic heterocycles. The Kier molecular flexibility index (Phi) is 10.2. The van der Waals surface area contributed by atoms with Crippen LogP contribution in [0.5, 0.6) is 0 Å². The lowest BCUT2D eigenvalue weighted by molar-refractivity contribution is -0.392. The largest absolute Gasteiger partial charge is 0.430 e. The van der Waals surface area contributed by atoms with Crippen molar-refractivity contribution in [1.82, 2.24) is 4.72 Å². The van der Waals surface area contributed by atoms with Gasteiger partial charge in [0.2, 0.25) is 0 Å². The minimum Gasteiger partial charge on any atom is -0.349 e. The van der Waals surface area contributed by atoms with Gasteiger partial charge in [0.25, 0.3) is 5.60 Å². The molecule has 1 saturated carbocycles. The zero-order valence-electron chi connectivity index (χ0n) is 26.1. The van der Waals surface area contributed by atoms with E-state index < -0.39 is 71.8 Å². The lowest BCUT2D eigenvalue weighted by atomic mass is 9.74. The van der Waals surface area contributed by atoms with Crippen molar-refractivity contribution in [3.8, 4) is 0 Å². The molecule has 1 aliphatic rings. The van der Waals surface area contributed by atoms with Crippen LogP contribution in [0.4, 0.5) is 30.7 Å². The molecule has 3 aromatic rings. The normalized spacial score (nSPS) is 22.2. The van der Waals surface area contributed by atoms with Gasteiger partial charge in [0, 0.05) is 11.1 Å². The van der Waals surface area contributed by atoms with Crippen LogP contribution < -0.4 is 4.72 Å². The SMILES string of the molecule is CC1(NS(=O)C(C)(C)C)CCC(c2ccc(C(OCc3ccccc3)(C(F)(F)F)C(F)(F)F)cc2)(S(=O)(=O)c2ccc(F)cc2)CC1. The first-order valence-electron chi connectivity index (χ1n) is 14.7. The highest BCUT2D eigenvalue weighted by Gasteiger charge is 2.73. The van der Waals surface area contributed by atoms with Crippen molar-refractivity contribution >= 4 is 20.8 Å². The Morgan fingerprint density at radius 2 is 1.30 bits per heavy atom. The van der Waals surface area contributed by atoms with Crippen LogP contribution in [0.1, 0.15) is 70.1 Å². The summed E-state index contributed by atoms with van der Waals surface area (Å²) in [5.41, 5.74) is -6.74. The summed E-state index contributed by atoms with van der Waals surface area (Å²) in [6.45, 7) is 6.06. The Balaban J connectivity index is 1.81.